The largest absolute Gasteiger partial charge is 0.388 e. The van der Waals surface area contributed by atoms with Crippen molar-refractivity contribution < 1.29 is 9.84 Å². The maximum atomic E-state index is 10.1. The summed E-state index contributed by atoms with van der Waals surface area (Å²) in [5, 5.41) is 10.8. The molecule has 0 heterocycles. The van der Waals surface area contributed by atoms with Crippen LogP contribution in [0.1, 0.15) is 37.9 Å². The monoisotopic (exact) mass is 254 g/mol. The van der Waals surface area contributed by atoms with Crippen LogP contribution in [0, 0.1) is 5.92 Å². The topological polar surface area (TPSA) is 29.5 Å². The van der Waals surface area contributed by atoms with Crippen molar-refractivity contribution in [1.82, 2.24) is 0 Å². The van der Waals surface area contributed by atoms with E-state index in [1.165, 1.54) is 0 Å². The molecule has 1 atom stereocenters. The zero-order valence-electron chi connectivity index (χ0n) is 10.1. The first-order valence-electron chi connectivity index (χ1n) is 6.24. The lowest BCUT2D eigenvalue weighted by Gasteiger charge is -2.36. The van der Waals surface area contributed by atoms with E-state index >= 15 is 0 Å². The van der Waals surface area contributed by atoms with Crippen molar-refractivity contribution in [1.29, 1.82) is 0 Å². The van der Waals surface area contributed by atoms with Crippen molar-refractivity contribution in [2.24, 2.45) is 5.92 Å². The molecule has 1 aliphatic carbocycles. The molecular weight excluding hydrogens is 236 g/mol. The number of aliphatic hydroxyl groups excluding tert-OH is 1. The Morgan fingerprint density at radius 2 is 2.24 bits per heavy atom. The van der Waals surface area contributed by atoms with Gasteiger partial charge < -0.3 is 9.84 Å². The van der Waals surface area contributed by atoms with E-state index in [1.54, 1.807) is 0 Å². The number of ether oxygens (including phenoxy) is 1. The summed E-state index contributed by atoms with van der Waals surface area (Å²) in [4.78, 5) is 0. The molecule has 1 N–H and O–H groups in total. The highest BCUT2D eigenvalue weighted by atomic mass is 35.5. The van der Waals surface area contributed by atoms with Crippen LogP contribution in [0.2, 0.25) is 5.02 Å². The first kappa shape index (κ1) is 12.9. The van der Waals surface area contributed by atoms with Crippen LogP contribution in [0.25, 0.3) is 0 Å². The number of hydrogen-bond acceptors (Lipinski definition) is 2. The van der Waals surface area contributed by atoms with Gasteiger partial charge >= 0.3 is 0 Å². The molecular formula is C14H19ClO2. The van der Waals surface area contributed by atoms with Gasteiger partial charge in [-0.2, -0.15) is 0 Å². The molecule has 2 nitrogen and oxygen atoms in total. The van der Waals surface area contributed by atoms with Crippen molar-refractivity contribution in [3.8, 4) is 0 Å². The van der Waals surface area contributed by atoms with Crippen LogP contribution < -0.4 is 0 Å². The van der Waals surface area contributed by atoms with Gasteiger partial charge in [0.25, 0.3) is 0 Å². The van der Waals surface area contributed by atoms with E-state index in [1.807, 2.05) is 31.2 Å². The van der Waals surface area contributed by atoms with Crippen LogP contribution in [-0.4, -0.2) is 17.8 Å². The molecule has 0 amide bonds. The summed E-state index contributed by atoms with van der Waals surface area (Å²) >= 11 is 5.91. The van der Waals surface area contributed by atoms with E-state index in [0.717, 1.165) is 31.4 Å². The minimum atomic E-state index is -0.402. The predicted octanol–water partition coefficient (Wildman–Crippen LogP) is 3.58. The number of aliphatic hydroxyl groups is 1. The molecule has 1 aromatic rings. The third-order valence-electron chi connectivity index (χ3n) is 3.38. The van der Waals surface area contributed by atoms with Crippen LogP contribution in [0.4, 0.5) is 0 Å². The SMILES string of the molecule is CCOC1CC(CC(O)c2cccc(Cl)c2)C1. The van der Waals surface area contributed by atoms with Gasteiger partial charge in [-0.3, -0.25) is 0 Å². The van der Waals surface area contributed by atoms with Crippen molar-refractivity contribution >= 4 is 11.6 Å². The van der Waals surface area contributed by atoms with E-state index in [-0.39, 0.29) is 0 Å². The average Bonchev–Trinajstić information content (AvgIpc) is 2.26. The molecule has 1 aromatic carbocycles. The Morgan fingerprint density at radius 3 is 2.88 bits per heavy atom. The summed E-state index contributed by atoms with van der Waals surface area (Å²) in [5.41, 5.74) is 0.914. The second-order valence-electron chi connectivity index (χ2n) is 4.72. The van der Waals surface area contributed by atoms with Crippen LogP contribution in [0.3, 0.4) is 0 Å². The number of rotatable bonds is 5. The Morgan fingerprint density at radius 1 is 1.47 bits per heavy atom. The molecule has 0 aliphatic heterocycles. The first-order valence-corrected chi connectivity index (χ1v) is 6.62. The third-order valence-corrected chi connectivity index (χ3v) is 3.62. The van der Waals surface area contributed by atoms with Gasteiger partial charge in [0.15, 0.2) is 0 Å². The number of hydrogen-bond donors (Lipinski definition) is 1. The van der Waals surface area contributed by atoms with Crippen molar-refractivity contribution in [3.05, 3.63) is 34.9 Å². The van der Waals surface area contributed by atoms with Crippen molar-refractivity contribution in [3.63, 3.8) is 0 Å². The Bertz CT molecular complexity index is 361. The van der Waals surface area contributed by atoms with Crippen molar-refractivity contribution in [2.75, 3.05) is 6.61 Å². The van der Waals surface area contributed by atoms with Crippen LogP contribution in [0.5, 0.6) is 0 Å². The van der Waals surface area contributed by atoms with E-state index < -0.39 is 6.10 Å². The maximum absolute atomic E-state index is 10.1. The lowest BCUT2D eigenvalue weighted by molar-refractivity contribution is -0.0380. The van der Waals surface area contributed by atoms with Gasteiger partial charge in [-0.25, -0.2) is 0 Å². The molecule has 0 radical (unpaired) electrons. The summed E-state index contributed by atoms with van der Waals surface area (Å²) in [7, 11) is 0. The summed E-state index contributed by atoms with van der Waals surface area (Å²) in [6, 6.07) is 7.47. The van der Waals surface area contributed by atoms with Crippen LogP contribution in [-0.2, 0) is 4.74 Å². The van der Waals surface area contributed by atoms with Gasteiger partial charge in [0.2, 0.25) is 0 Å². The summed E-state index contributed by atoms with van der Waals surface area (Å²) in [6.07, 6.45) is 2.97. The highest BCUT2D eigenvalue weighted by Gasteiger charge is 2.31. The summed E-state index contributed by atoms with van der Waals surface area (Å²) in [5.74, 6) is 0.584. The molecule has 0 aromatic heterocycles. The highest BCUT2D eigenvalue weighted by Crippen LogP contribution is 2.37. The van der Waals surface area contributed by atoms with E-state index in [9.17, 15) is 5.11 Å². The molecule has 1 saturated carbocycles. The Labute approximate surface area is 108 Å². The fraction of sp³-hybridized carbons (Fsp3) is 0.571. The molecule has 0 saturated heterocycles. The molecule has 0 bridgehead atoms. The van der Waals surface area contributed by atoms with Crippen LogP contribution in [0.15, 0.2) is 24.3 Å². The molecule has 1 unspecified atom stereocenters. The number of benzene rings is 1. The Hall–Kier alpha value is -0.570. The predicted molar refractivity (Wildman–Crippen MR) is 69.2 cm³/mol. The fourth-order valence-electron chi connectivity index (χ4n) is 2.40. The lowest BCUT2D eigenvalue weighted by atomic mass is 9.78. The molecule has 0 spiro atoms. The zero-order chi connectivity index (χ0) is 12.3. The molecule has 1 fully saturated rings. The Balaban J connectivity index is 1.80. The molecule has 17 heavy (non-hydrogen) atoms. The fourth-order valence-corrected chi connectivity index (χ4v) is 2.60. The average molecular weight is 255 g/mol. The molecule has 3 heteroatoms. The number of halogens is 1. The second-order valence-corrected chi connectivity index (χ2v) is 5.16. The van der Waals surface area contributed by atoms with Gasteiger partial charge in [-0.1, -0.05) is 23.7 Å². The van der Waals surface area contributed by atoms with E-state index in [4.69, 9.17) is 16.3 Å². The van der Waals surface area contributed by atoms with Gasteiger partial charge in [-0.15, -0.1) is 0 Å². The smallest absolute Gasteiger partial charge is 0.0793 e. The minimum absolute atomic E-state index is 0.402. The minimum Gasteiger partial charge on any atom is -0.388 e. The molecule has 2 rings (SSSR count). The third kappa shape index (κ3) is 3.44. The molecule has 1 aliphatic rings. The van der Waals surface area contributed by atoms with Gasteiger partial charge in [0.05, 0.1) is 12.2 Å². The summed E-state index contributed by atoms with van der Waals surface area (Å²) < 4.78 is 5.51. The van der Waals surface area contributed by atoms with Crippen molar-refractivity contribution in [2.45, 2.75) is 38.4 Å². The van der Waals surface area contributed by atoms with Gasteiger partial charge in [0, 0.05) is 11.6 Å². The first-order chi connectivity index (χ1) is 8.19. The quantitative estimate of drug-likeness (QED) is 0.870. The van der Waals surface area contributed by atoms with Crippen LogP contribution >= 0.6 is 11.6 Å². The van der Waals surface area contributed by atoms with Gasteiger partial charge in [-0.05, 0) is 49.8 Å². The normalized spacial score (nSPS) is 25.4. The molecule has 94 valence electrons. The van der Waals surface area contributed by atoms with E-state index in [0.29, 0.717) is 17.0 Å². The van der Waals surface area contributed by atoms with Gasteiger partial charge in [0.1, 0.15) is 0 Å². The Kier molecular flexibility index (Phi) is 4.43. The maximum Gasteiger partial charge on any atom is 0.0793 e. The standard InChI is InChI=1S/C14H19ClO2/c1-2-17-13-6-10(7-13)8-14(16)11-4-3-5-12(15)9-11/h3-5,9-10,13-14,16H,2,6-8H2,1H3. The highest BCUT2D eigenvalue weighted by molar-refractivity contribution is 6.30. The lowest BCUT2D eigenvalue weighted by Crippen LogP contribution is -2.32. The zero-order valence-corrected chi connectivity index (χ0v) is 10.9. The van der Waals surface area contributed by atoms with E-state index in [2.05, 4.69) is 0 Å². The second kappa shape index (κ2) is 5.85. The summed E-state index contributed by atoms with van der Waals surface area (Å²) in [6.45, 7) is 2.81.